The van der Waals surface area contributed by atoms with Crippen molar-refractivity contribution in [1.82, 2.24) is 4.90 Å². The summed E-state index contributed by atoms with van der Waals surface area (Å²) in [7, 11) is 0. The highest BCUT2D eigenvalue weighted by Gasteiger charge is 2.52. The maximum absolute atomic E-state index is 13.1. The van der Waals surface area contributed by atoms with Gasteiger partial charge in [0.2, 0.25) is 0 Å². The lowest BCUT2D eigenvalue weighted by Crippen LogP contribution is -2.54. The number of aliphatic carboxylic acids is 1. The Morgan fingerprint density at radius 2 is 1.55 bits per heavy atom. The summed E-state index contributed by atoms with van der Waals surface area (Å²) in [6.07, 6.45) is 0.885. The zero-order valence-electron chi connectivity index (χ0n) is 17.1. The second-order valence-corrected chi connectivity index (χ2v) is 9.02. The SMILES string of the molecule is CC1(C)CCC(C)(CC(=O)O)N1C(=O)OCC1c2ccccc2-c2ccccc21. The van der Waals surface area contributed by atoms with E-state index in [9.17, 15) is 14.7 Å². The van der Waals surface area contributed by atoms with E-state index in [4.69, 9.17) is 4.74 Å². The van der Waals surface area contributed by atoms with Crippen molar-refractivity contribution >= 4 is 12.1 Å². The lowest BCUT2D eigenvalue weighted by atomic mass is 9.95. The normalized spacial score (nSPS) is 22.2. The van der Waals surface area contributed by atoms with Crippen LogP contribution in [0.4, 0.5) is 4.79 Å². The molecule has 0 aromatic heterocycles. The number of likely N-dealkylation sites (tertiary alicyclic amines) is 1. The summed E-state index contributed by atoms with van der Waals surface area (Å²) in [6.45, 7) is 6.03. The molecule has 4 rings (SSSR count). The molecule has 1 atom stereocenters. The number of fused-ring (bicyclic) bond motifs is 3. The van der Waals surface area contributed by atoms with Crippen LogP contribution < -0.4 is 0 Å². The molecule has 2 aromatic carbocycles. The molecular weight excluding hydrogens is 366 g/mol. The first-order valence-electron chi connectivity index (χ1n) is 10.1. The van der Waals surface area contributed by atoms with Crippen LogP contribution in [0.3, 0.4) is 0 Å². The van der Waals surface area contributed by atoms with Gasteiger partial charge >= 0.3 is 12.1 Å². The molecule has 1 heterocycles. The number of carboxylic acids is 1. The number of rotatable bonds is 4. The molecule has 5 heteroatoms. The first kappa shape index (κ1) is 19.5. The Hall–Kier alpha value is -2.82. The van der Waals surface area contributed by atoms with E-state index < -0.39 is 23.1 Å². The van der Waals surface area contributed by atoms with Gasteiger partial charge in [-0.3, -0.25) is 9.69 Å². The van der Waals surface area contributed by atoms with Crippen LogP contribution in [0.5, 0.6) is 0 Å². The molecule has 5 nitrogen and oxygen atoms in total. The molecule has 1 unspecified atom stereocenters. The number of carbonyl (C=O) groups is 2. The quantitative estimate of drug-likeness (QED) is 0.790. The monoisotopic (exact) mass is 393 g/mol. The van der Waals surface area contributed by atoms with E-state index in [-0.39, 0.29) is 18.9 Å². The van der Waals surface area contributed by atoms with E-state index in [1.807, 2.05) is 45.0 Å². The Kier molecular flexibility index (Phi) is 4.64. The lowest BCUT2D eigenvalue weighted by molar-refractivity contribution is -0.139. The summed E-state index contributed by atoms with van der Waals surface area (Å²) in [5.41, 5.74) is 3.51. The highest BCUT2D eigenvalue weighted by molar-refractivity contribution is 5.79. The van der Waals surface area contributed by atoms with E-state index >= 15 is 0 Å². The lowest BCUT2D eigenvalue weighted by Gasteiger charge is -2.41. The van der Waals surface area contributed by atoms with E-state index in [1.54, 1.807) is 4.90 Å². The highest BCUT2D eigenvalue weighted by atomic mass is 16.6. The van der Waals surface area contributed by atoms with E-state index in [0.29, 0.717) is 6.42 Å². The van der Waals surface area contributed by atoms with Crippen LogP contribution in [0.1, 0.15) is 57.1 Å². The van der Waals surface area contributed by atoms with Gasteiger partial charge in [-0.15, -0.1) is 0 Å². The number of hydrogen-bond donors (Lipinski definition) is 1. The molecule has 1 saturated heterocycles. The Morgan fingerprint density at radius 3 is 2.10 bits per heavy atom. The fourth-order valence-corrected chi connectivity index (χ4v) is 5.15. The van der Waals surface area contributed by atoms with E-state index in [0.717, 1.165) is 17.5 Å². The average molecular weight is 393 g/mol. The minimum Gasteiger partial charge on any atom is -0.481 e. The fourth-order valence-electron chi connectivity index (χ4n) is 5.15. The Bertz CT molecular complexity index is 921. The molecule has 1 fully saturated rings. The standard InChI is InChI=1S/C24H27NO4/c1-23(2)12-13-24(3,14-21(26)27)25(23)22(28)29-15-20-18-10-6-4-8-16(18)17-9-5-7-11-19(17)20/h4-11,20H,12-15H2,1-3H3,(H,26,27). The summed E-state index contributed by atoms with van der Waals surface area (Å²) in [5, 5.41) is 9.35. The van der Waals surface area contributed by atoms with Crippen LogP contribution in [0.25, 0.3) is 11.1 Å². The summed E-state index contributed by atoms with van der Waals surface area (Å²) in [4.78, 5) is 26.2. The maximum atomic E-state index is 13.1. The topological polar surface area (TPSA) is 66.8 Å². The molecule has 2 aliphatic rings. The van der Waals surface area contributed by atoms with Gasteiger partial charge in [0, 0.05) is 11.5 Å². The van der Waals surface area contributed by atoms with Crippen LogP contribution in [0.2, 0.25) is 0 Å². The third-order valence-electron chi connectivity index (χ3n) is 6.47. The first-order chi connectivity index (χ1) is 13.7. The summed E-state index contributed by atoms with van der Waals surface area (Å²) in [6, 6.07) is 16.4. The van der Waals surface area contributed by atoms with Crippen LogP contribution in [-0.2, 0) is 9.53 Å². The minimum absolute atomic E-state index is 0.0113. The number of ether oxygens (including phenoxy) is 1. The van der Waals surface area contributed by atoms with Crippen molar-refractivity contribution in [3.8, 4) is 11.1 Å². The Balaban J connectivity index is 1.57. The van der Waals surface area contributed by atoms with Gasteiger partial charge in [0.25, 0.3) is 0 Å². The van der Waals surface area contributed by atoms with Gasteiger partial charge in [-0.05, 0) is 55.9 Å². The van der Waals surface area contributed by atoms with Crippen LogP contribution in [0.15, 0.2) is 48.5 Å². The van der Waals surface area contributed by atoms with Crippen molar-refractivity contribution < 1.29 is 19.4 Å². The third kappa shape index (κ3) is 3.28. The maximum Gasteiger partial charge on any atom is 0.410 e. The third-order valence-corrected chi connectivity index (χ3v) is 6.47. The highest BCUT2D eigenvalue weighted by Crippen LogP contribution is 2.46. The van der Waals surface area contributed by atoms with Crippen molar-refractivity contribution in [3.63, 3.8) is 0 Å². The largest absolute Gasteiger partial charge is 0.481 e. The smallest absolute Gasteiger partial charge is 0.410 e. The molecule has 1 aliphatic heterocycles. The van der Waals surface area contributed by atoms with Gasteiger partial charge in [0.1, 0.15) is 6.61 Å². The molecule has 0 bridgehead atoms. The van der Waals surface area contributed by atoms with Crippen LogP contribution in [-0.4, -0.2) is 39.8 Å². The summed E-state index contributed by atoms with van der Waals surface area (Å²) < 4.78 is 5.83. The molecule has 0 saturated carbocycles. The molecule has 1 N–H and O–H groups in total. The van der Waals surface area contributed by atoms with Crippen LogP contribution in [0, 0.1) is 0 Å². The molecule has 152 valence electrons. The Morgan fingerprint density at radius 1 is 1.00 bits per heavy atom. The van der Waals surface area contributed by atoms with Crippen molar-refractivity contribution in [2.45, 2.75) is 57.0 Å². The van der Waals surface area contributed by atoms with Crippen LogP contribution >= 0.6 is 0 Å². The van der Waals surface area contributed by atoms with E-state index in [2.05, 4.69) is 24.3 Å². The predicted molar refractivity (Wildman–Crippen MR) is 111 cm³/mol. The molecule has 0 radical (unpaired) electrons. The van der Waals surface area contributed by atoms with Gasteiger partial charge < -0.3 is 9.84 Å². The molecule has 1 amide bonds. The number of amides is 1. The number of nitrogens with zero attached hydrogens (tertiary/aromatic N) is 1. The first-order valence-corrected chi connectivity index (χ1v) is 10.1. The van der Waals surface area contributed by atoms with Gasteiger partial charge in [0.05, 0.1) is 12.0 Å². The minimum atomic E-state index is -0.901. The summed E-state index contributed by atoms with van der Waals surface area (Å²) in [5.74, 6) is -0.913. The number of hydrogen-bond acceptors (Lipinski definition) is 3. The van der Waals surface area contributed by atoms with Crippen molar-refractivity contribution in [2.75, 3.05) is 6.61 Å². The summed E-state index contributed by atoms with van der Waals surface area (Å²) >= 11 is 0. The average Bonchev–Trinajstić information content (AvgIpc) is 3.10. The molecule has 2 aromatic rings. The van der Waals surface area contributed by atoms with Crippen molar-refractivity contribution in [3.05, 3.63) is 59.7 Å². The van der Waals surface area contributed by atoms with Gasteiger partial charge in [-0.25, -0.2) is 4.79 Å². The molecule has 29 heavy (non-hydrogen) atoms. The fraction of sp³-hybridized carbons (Fsp3) is 0.417. The van der Waals surface area contributed by atoms with Crippen molar-refractivity contribution in [1.29, 1.82) is 0 Å². The van der Waals surface area contributed by atoms with Gasteiger partial charge in [-0.2, -0.15) is 0 Å². The van der Waals surface area contributed by atoms with E-state index in [1.165, 1.54) is 11.1 Å². The molecule has 1 aliphatic carbocycles. The second-order valence-electron chi connectivity index (χ2n) is 9.02. The Labute approximate surface area is 171 Å². The van der Waals surface area contributed by atoms with Crippen molar-refractivity contribution in [2.24, 2.45) is 0 Å². The number of carbonyl (C=O) groups excluding carboxylic acids is 1. The zero-order valence-corrected chi connectivity index (χ0v) is 17.1. The number of benzene rings is 2. The van der Waals surface area contributed by atoms with Gasteiger partial charge in [0.15, 0.2) is 0 Å². The molecular formula is C24H27NO4. The second kappa shape index (κ2) is 6.90. The van der Waals surface area contributed by atoms with Gasteiger partial charge in [-0.1, -0.05) is 48.5 Å². The molecule has 0 spiro atoms. The predicted octanol–water partition coefficient (Wildman–Crippen LogP) is 5.04. The zero-order chi connectivity index (χ0) is 20.8. The number of carboxylic acid groups (broad SMARTS) is 1.